The molecule has 4 amide bonds. The Balaban J connectivity index is 5.04. The molecule has 13 heteroatoms. The zero-order chi connectivity index (χ0) is 22.7. The van der Waals surface area contributed by atoms with Crippen LogP contribution in [0.25, 0.3) is 0 Å². The summed E-state index contributed by atoms with van der Waals surface area (Å²) in [6.07, 6.45) is -0.0939. The standard InChI is InChI=1S/C16H29N5O8/c1-3-7(2)12(18)15(27)21-10(6-23)14(26)20-9(5-22)13(25)19-8(16(28)29)4-11(17)24/h7-10,12,22-23H,3-6,18H2,1-2H3,(H2,17,24)(H,19,25)(H,20,26)(H,21,27)(H,28,29). The van der Waals surface area contributed by atoms with Gasteiger partial charge < -0.3 is 42.7 Å². The fourth-order valence-electron chi connectivity index (χ4n) is 2.11. The van der Waals surface area contributed by atoms with Crippen molar-refractivity contribution in [2.24, 2.45) is 17.4 Å². The van der Waals surface area contributed by atoms with E-state index in [1.54, 1.807) is 6.92 Å². The number of nitrogens with one attached hydrogen (secondary N) is 3. The second-order valence-electron chi connectivity index (χ2n) is 6.47. The zero-order valence-electron chi connectivity index (χ0n) is 16.3. The predicted molar refractivity (Wildman–Crippen MR) is 98.8 cm³/mol. The molecular formula is C16H29N5O8. The highest BCUT2D eigenvalue weighted by molar-refractivity contribution is 5.95. The monoisotopic (exact) mass is 419 g/mol. The number of amides is 4. The Morgan fingerprint density at radius 2 is 1.28 bits per heavy atom. The molecule has 0 aromatic heterocycles. The summed E-state index contributed by atoms with van der Waals surface area (Å²) in [5, 5.41) is 33.9. The van der Waals surface area contributed by atoms with Crippen LogP contribution in [0.2, 0.25) is 0 Å². The van der Waals surface area contributed by atoms with Gasteiger partial charge in [0.1, 0.15) is 18.1 Å². The van der Waals surface area contributed by atoms with Crippen LogP contribution < -0.4 is 27.4 Å². The number of carboxylic acid groups (broad SMARTS) is 1. The Morgan fingerprint density at radius 3 is 1.62 bits per heavy atom. The predicted octanol–water partition coefficient (Wildman–Crippen LogP) is -4.24. The molecule has 29 heavy (non-hydrogen) atoms. The smallest absolute Gasteiger partial charge is 0.326 e. The zero-order valence-corrected chi connectivity index (χ0v) is 16.3. The lowest BCUT2D eigenvalue weighted by atomic mass is 9.99. The number of nitrogens with two attached hydrogens (primary N) is 2. The highest BCUT2D eigenvalue weighted by atomic mass is 16.4. The van der Waals surface area contributed by atoms with E-state index in [1.165, 1.54) is 0 Å². The fourth-order valence-corrected chi connectivity index (χ4v) is 2.11. The van der Waals surface area contributed by atoms with E-state index in [0.717, 1.165) is 0 Å². The number of primary amides is 1. The summed E-state index contributed by atoms with van der Waals surface area (Å²) in [6.45, 7) is 1.82. The molecule has 0 aliphatic rings. The SMILES string of the molecule is CCC(C)C(N)C(=O)NC(CO)C(=O)NC(CO)C(=O)NC(CC(N)=O)C(=O)O. The quantitative estimate of drug-likeness (QED) is 0.144. The molecular weight excluding hydrogens is 390 g/mol. The van der Waals surface area contributed by atoms with E-state index in [1.807, 2.05) is 12.2 Å². The summed E-state index contributed by atoms with van der Waals surface area (Å²) in [4.78, 5) is 58.3. The number of aliphatic hydroxyl groups is 2. The molecule has 0 aliphatic carbocycles. The second-order valence-corrected chi connectivity index (χ2v) is 6.47. The van der Waals surface area contributed by atoms with Crippen molar-refractivity contribution in [3.8, 4) is 0 Å². The Hall–Kier alpha value is -2.77. The first-order chi connectivity index (χ1) is 13.5. The van der Waals surface area contributed by atoms with Gasteiger partial charge in [-0.1, -0.05) is 20.3 Å². The maximum Gasteiger partial charge on any atom is 0.326 e. The fraction of sp³-hybridized carbons (Fsp3) is 0.688. The van der Waals surface area contributed by atoms with Crippen molar-refractivity contribution in [2.75, 3.05) is 13.2 Å². The Bertz CT molecular complexity index is 614. The third-order valence-corrected chi connectivity index (χ3v) is 4.21. The molecule has 0 radical (unpaired) electrons. The summed E-state index contributed by atoms with van der Waals surface area (Å²) in [7, 11) is 0. The van der Waals surface area contributed by atoms with Crippen molar-refractivity contribution >= 4 is 29.6 Å². The number of carbonyl (C=O) groups excluding carboxylic acids is 4. The molecule has 0 bridgehead atoms. The lowest BCUT2D eigenvalue weighted by Crippen LogP contribution is -2.59. The lowest BCUT2D eigenvalue weighted by Gasteiger charge is -2.24. The average molecular weight is 419 g/mol. The van der Waals surface area contributed by atoms with Gasteiger partial charge in [0, 0.05) is 0 Å². The molecule has 13 nitrogen and oxygen atoms in total. The molecule has 5 unspecified atom stereocenters. The average Bonchev–Trinajstić information content (AvgIpc) is 2.67. The molecule has 0 aromatic carbocycles. The topological polar surface area (TPSA) is 234 Å². The van der Waals surface area contributed by atoms with E-state index < -0.39 is 73.4 Å². The first-order valence-corrected chi connectivity index (χ1v) is 8.87. The summed E-state index contributed by atoms with van der Waals surface area (Å²) >= 11 is 0. The Labute approximate surface area is 167 Å². The van der Waals surface area contributed by atoms with Gasteiger partial charge in [-0.25, -0.2) is 4.79 Å². The van der Waals surface area contributed by atoms with Gasteiger partial charge in [-0.05, 0) is 5.92 Å². The van der Waals surface area contributed by atoms with Gasteiger partial charge in [-0.15, -0.1) is 0 Å². The van der Waals surface area contributed by atoms with Gasteiger partial charge in [0.25, 0.3) is 0 Å². The lowest BCUT2D eigenvalue weighted by molar-refractivity contribution is -0.144. The van der Waals surface area contributed by atoms with Crippen LogP contribution in [0.15, 0.2) is 0 Å². The van der Waals surface area contributed by atoms with Crippen molar-refractivity contribution in [2.45, 2.75) is 50.9 Å². The largest absolute Gasteiger partial charge is 0.480 e. The van der Waals surface area contributed by atoms with Crippen LogP contribution in [-0.2, 0) is 24.0 Å². The number of carbonyl (C=O) groups is 5. The molecule has 0 spiro atoms. The maximum atomic E-state index is 12.2. The molecule has 10 N–H and O–H groups in total. The van der Waals surface area contributed by atoms with Gasteiger partial charge in [0.05, 0.1) is 25.7 Å². The van der Waals surface area contributed by atoms with E-state index in [9.17, 15) is 34.2 Å². The molecule has 0 aromatic rings. The summed E-state index contributed by atoms with van der Waals surface area (Å²) < 4.78 is 0. The van der Waals surface area contributed by atoms with Crippen LogP contribution in [0, 0.1) is 5.92 Å². The number of aliphatic carboxylic acids is 1. The molecule has 5 atom stereocenters. The third-order valence-electron chi connectivity index (χ3n) is 4.21. The van der Waals surface area contributed by atoms with Crippen molar-refractivity contribution in [3.63, 3.8) is 0 Å². The number of hydrogen-bond acceptors (Lipinski definition) is 8. The van der Waals surface area contributed by atoms with Gasteiger partial charge in [-0.2, -0.15) is 0 Å². The van der Waals surface area contributed by atoms with Crippen LogP contribution in [0.1, 0.15) is 26.7 Å². The number of hydrogen-bond donors (Lipinski definition) is 8. The minimum atomic E-state index is -1.66. The molecule has 0 rings (SSSR count). The first-order valence-electron chi connectivity index (χ1n) is 8.87. The number of aliphatic hydroxyl groups excluding tert-OH is 2. The Morgan fingerprint density at radius 1 is 0.862 bits per heavy atom. The molecule has 0 saturated heterocycles. The second kappa shape index (κ2) is 12.6. The van der Waals surface area contributed by atoms with E-state index in [-0.39, 0.29) is 5.92 Å². The van der Waals surface area contributed by atoms with Crippen molar-refractivity contribution < 1.29 is 39.3 Å². The van der Waals surface area contributed by atoms with Crippen molar-refractivity contribution in [1.82, 2.24) is 16.0 Å². The normalized spacial score (nSPS) is 15.9. The van der Waals surface area contributed by atoms with E-state index >= 15 is 0 Å². The minimum Gasteiger partial charge on any atom is -0.480 e. The highest BCUT2D eigenvalue weighted by Crippen LogP contribution is 2.05. The molecule has 0 heterocycles. The number of carboxylic acids is 1. The Kier molecular flexibility index (Phi) is 11.4. The third kappa shape index (κ3) is 8.85. The molecule has 0 saturated carbocycles. The van der Waals surface area contributed by atoms with E-state index in [2.05, 4.69) is 10.6 Å². The molecule has 166 valence electrons. The summed E-state index contributed by atoms with van der Waals surface area (Å²) in [5.41, 5.74) is 10.7. The van der Waals surface area contributed by atoms with Crippen molar-refractivity contribution in [3.05, 3.63) is 0 Å². The summed E-state index contributed by atoms with van der Waals surface area (Å²) in [5.74, 6) is -5.51. The minimum absolute atomic E-state index is 0.188. The van der Waals surface area contributed by atoms with Gasteiger partial charge >= 0.3 is 5.97 Å². The first kappa shape index (κ1) is 26.2. The van der Waals surface area contributed by atoms with Crippen molar-refractivity contribution in [1.29, 1.82) is 0 Å². The van der Waals surface area contributed by atoms with Crippen LogP contribution >= 0.6 is 0 Å². The molecule has 0 fully saturated rings. The van der Waals surface area contributed by atoms with E-state index in [4.69, 9.17) is 16.6 Å². The van der Waals surface area contributed by atoms with Gasteiger partial charge in [0.15, 0.2) is 0 Å². The van der Waals surface area contributed by atoms with Crippen LogP contribution in [0.3, 0.4) is 0 Å². The maximum absolute atomic E-state index is 12.2. The van der Waals surface area contributed by atoms with Crippen LogP contribution in [-0.4, -0.2) is 82.3 Å². The number of rotatable bonds is 13. The molecule has 0 aliphatic heterocycles. The summed E-state index contributed by atoms with van der Waals surface area (Å²) in [6, 6.07) is -5.65. The van der Waals surface area contributed by atoms with Gasteiger partial charge in [-0.3, -0.25) is 19.2 Å². The van der Waals surface area contributed by atoms with Gasteiger partial charge in [0.2, 0.25) is 23.6 Å². The van der Waals surface area contributed by atoms with Crippen LogP contribution in [0.4, 0.5) is 0 Å². The highest BCUT2D eigenvalue weighted by Gasteiger charge is 2.30. The van der Waals surface area contributed by atoms with E-state index in [0.29, 0.717) is 6.42 Å². The van der Waals surface area contributed by atoms with Crippen LogP contribution in [0.5, 0.6) is 0 Å².